The van der Waals surface area contributed by atoms with Crippen LogP contribution in [0.4, 0.5) is 4.39 Å². The van der Waals surface area contributed by atoms with Crippen LogP contribution >= 0.6 is 0 Å². The number of nitrogens with zero attached hydrogens (tertiary/aromatic N) is 1. The van der Waals surface area contributed by atoms with Crippen molar-refractivity contribution in [2.75, 3.05) is 20.8 Å². The van der Waals surface area contributed by atoms with E-state index in [1.807, 2.05) is 0 Å². The Bertz CT molecular complexity index is 1000. The lowest BCUT2D eigenvalue weighted by atomic mass is 10.1. The summed E-state index contributed by atoms with van der Waals surface area (Å²) in [5.41, 5.74) is 0.795. The Labute approximate surface area is 154 Å². The number of ketones is 1. The molecule has 3 rings (SSSR count). The number of hydrogen-bond donors (Lipinski definition) is 0. The van der Waals surface area contributed by atoms with E-state index in [4.69, 9.17) is 9.47 Å². The van der Waals surface area contributed by atoms with Crippen molar-refractivity contribution in [2.45, 2.75) is 0 Å². The Morgan fingerprint density at radius 1 is 1.04 bits per heavy atom. The minimum Gasteiger partial charge on any atom is -0.497 e. The van der Waals surface area contributed by atoms with Crippen molar-refractivity contribution < 1.29 is 28.2 Å². The van der Waals surface area contributed by atoms with Crippen molar-refractivity contribution >= 4 is 22.7 Å². The predicted molar refractivity (Wildman–Crippen MR) is 95.9 cm³/mol. The number of halogens is 1. The van der Waals surface area contributed by atoms with E-state index in [0.29, 0.717) is 22.2 Å². The molecule has 27 heavy (non-hydrogen) atoms. The highest BCUT2D eigenvalue weighted by Crippen LogP contribution is 2.27. The Hall–Kier alpha value is -3.48. The fourth-order valence-corrected chi connectivity index (χ4v) is 2.50. The van der Waals surface area contributed by atoms with Crippen LogP contribution in [0, 0.1) is 5.82 Å². The fourth-order valence-electron chi connectivity index (χ4n) is 2.50. The Morgan fingerprint density at radius 2 is 1.78 bits per heavy atom. The van der Waals surface area contributed by atoms with E-state index in [1.54, 1.807) is 24.3 Å². The van der Waals surface area contributed by atoms with Gasteiger partial charge in [-0.3, -0.25) is 4.79 Å². The van der Waals surface area contributed by atoms with E-state index in [0.717, 1.165) is 0 Å². The lowest BCUT2D eigenvalue weighted by Crippen LogP contribution is -2.13. The molecule has 0 fully saturated rings. The number of hydrogen-bond acceptors (Lipinski definition) is 6. The molecule has 0 N–H and O–H groups in total. The standard InChI is InChI=1S/C20H16FNO5/c1-25-14-6-3-12(4-7-14)18(23)11-27-19-10-17(20(24)26-2)22-16-8-5-13(21)9-15(16)19/h3-10H,11H2,1-2H3. The first-order valence-electron chi connectivity index (χ1n) is 8.00. The molecule has 0 spiro atoms. The zero-order valence-corrected chi connectivity index (χ0v) is 14.7. The van der Waals surface area contributed by atoms with Crippen LogP contribution < -0.4 is 9.47 Å². The number of carbonyl (C=O) groups excluding carboxylic acids is 2. The van der Waals surface area contributed by atoms with Gasteiger partial charge in [-0.05, 0) is 42.5 Å². The molecule has 0 aliphatic rings. The molecular weight excluding hydrogens is 353 g/mol. The molecule has 3 aromatic rings. The van der Waals surface area contributed by atoms with E-state index in [1.165, 1.54) is 38.5 Å². The summed E-state index contributed by atoms with van der Waals surface area (Å²) in [6, 6.07) is 11.8. The number of benzene rings is 2. The summed E-state index contributed by atoms with van der Waals surface area (Å²) in [5, 5.41) is 0.352. The molecule has 0 amide bonds. The maximum absolute atomic E-state index is 13.6. The van der Waals surface area contributed by atoms with Crippen LogP contribution in [0.2, 0.25) is 0 Å². The van der Waals surface area contributed by atoms with Gasteiger partial charge in [0.25, 0.3) is 0 Å². The van der Waals surface area contributed by atoms with Gasteiger partial charge in [-0.15, -0.1) is 0 Å². The summed E-state index contributed by atoms with van der Waals surface area (Å²) < 4.78 is 28.9. The second-order valence-corrected chi connectivity index (χ2v) is 5.60. The van der Waals surface area contributed by atoms with Gasteiger partial charge in [-0.25, -0.2) is 14.2 Å². The summed E-state index contributed by atoms with van der Waals surface area (Å²) in [4.78, 5) is 28.3. The van der Waals surface area contributed by atoms with Crippen LogP contribution in [0.25, 0.3) is 10.9 Å². The average molecular weight is 369 g/mol. The third-order valence-electron chi connectivity index (χ3n) is 3.90. The molecule has 0 aliphatic heterocycles. The largest absolute Gasteiger partial charge is 0.497 e. The predicted octanol–water partition coefficient (Wildman–Crippen LogP) is 3.43. The summed E-state index contributed by atoms with van der Waals surface area (Å²) in [6.45, 7) is -0.289. The Kier molecular flexibility index (Phi) is 5.30. The third kappa shape index (κ3) is 4.03. The lowest BCUT2D eigenvalue weighted by Gasteiger charge is -2.11. The van der Waals surface area contributed by atoms with E-state index >= 15 is 0 Å². The molecule has 0 saturated carbocycles. The quantitative estimate of drug-likeness (QED) is 0.490. The van der Waals surface area contributed by atoms with Gasteiger partial charge in [0, 0.05) is 17.0 Å². The van der Waals surface area contributed by atoms with E-state index in [-0.39, 0.29) is 23.8 Å². The maximum Gasteiger partial charge on any atom is 0.356 e. The summed E-state index contributed by atoms with van der Waals surface area (Å²) in [7, 11) is 2.76. The molecule has 0 bridgehead atoms. The smallest absolute Gasteiger partial charge is 0.356 e. The first-order chi connectivity index (χ1) is 13.0. The molecule has 1 aromatic heterocycles. The number of fused-ring (bicyclic) bond motifs is 1. The number of carbonyl (C=O) groups is 2. The molecule has 0 atom stereocenters. The lowest BCUT2D eigenvalue weighted by molar-refractivity contribution is 0.0594. The van der Waals surface area contributed by atoms with Gasteiger partial charge in [0.2, 0.25) is 0 Å². The summed E-state index contributed by atoms with van der Waals surface area (Å²) in [6.07, 6.45) is 0. The number of methoxy groups -OCH3 is 2. The van der Waals surface area contributed by atoms with Gasteiger partial charge >= 0.3 is 5.97 Å². The molecule has 7 heteroatoms. The van der Waals surface area contributed by atoms with Crippen molar-refractivity contribution in [1.29, 1.82) is 0 Å². The number of rotatable bonds is 6. The monoisotopic (exact) mass is 369 g/mol. The van der Waals surface area contributed by atoms with E-state index in [2.05, 4.69) is 9.72 Å². The van der Waals surface area contributed by atoms with Crippen molar-refractivity contribution in [3.63, 3.8) is 0 Å². The van der Waals surface area contributed by atoms with Crippen LogP contribution in [0.5, 0.6) is 11.5 Å². The van der Waals surface area contributed by atoms with Crippen molar-refractivity contribution in [3.05, 3.63) is 65.6 Å². The topological polar surface area (TPSA) is 74.7 Å². The van der Waals surface area contributed by atoms with Gasteiger partial charge in [0.1, 0.15) is 17.3 Å². The summed E-state index contributed by atoms with van der Waals surface area (Å²) in [5.74, 6) is -0.625. The molecular formula is C20H16FNO5. The molecule has 1 heterocycles. The Morgan fingerprint density at radius 3 is 2.44 bits per heavy atom. The van der Waals surface area contributed by atoms with Gasteiger partial charge in [-0.2, -0.15) is 0 Å². The van der Waals surface area contributed by atoms with Gasteiger partial charge in [0.15, 0.2) is 18.1 Å². The van der Waals surface area contributed by atoms with Gasteiger partial charge < -0.3 is 14.2 Å². The highest BCUT2D eigenvalue weighted by molar-refractivity contribution is 5.98. The second kappa shape index (κ2) is 7.82. The van der Waals surface area contributed by atoms with Crippen LogP contribution in [0.15, 0.2) is 48.5 Å². The Balaban J connectivity index is 1.89. The number of aromatic nitrogens is 1. The van der Waals surface area contributed by atoms with Crippen molar-refractivity contribution in [1.82, 2.24) is 4.98 Å². The third-order valence-corrected chi connectivity index (χ3v) is 3.90. The fraction of sp³-hybridized carbons (Fsp3) is 0.150. The molecule has 2 aromatic carbocycles. The SMILES string of the molecule is COC(=O)c1cc(OCC(=O)c2ccc(OC)cc2)c2cc(F)ccc2n1. The zero-order chi connectivity index (χ0) is 19.4. The summed E-state index contributed by atoms with van der Waals surface area (Å²) >= 11 is 0. The molecule has 0 radical (unpaired) electrons. The van der Waals surface area contributed by atoms with Crippen molar-refractivity contribution in [3.8, 4) is 11.5 Å². The van der Waals surface area contributed by atoms with Crippen LogP contribution in [0.3, 0.4) is 0 Å². The minimum absolute atomic E-state index is 0.00325. The molecule has 138 valence electrons. The van der Waals surface area contributed by atoms with E-state index in [9.17, 15) is 14.0 Å². The number of Topliss-reactive ketones (excluding diaryl/α,β-unsaturated/α-hetero) is 1. The number of esters is 1. The molecule has 0 unspecified atom stereocenters. The average Bonchev–Trinajstić information content (AvgIpc) is 2.71. The van der Waals surface area contributed by atoms with Crippen molar-refractivity contribution in [2.24, 2.45) is 0 Å². The molecule has 0 saturated heterocycles. The van der Waals surface area contributed by atoms with Gasteiger partial charge in [-0.1, -0.05) is 0 Å². The van der Waals surface area contributed by atoms with E-state index < -0.39 is 11.8 Å². The molecule has 0 aliphatic carbocycles. The highest BCUT2D eigenvalue weighted by Gasteiger charge is 2.15. The minimum atomic E-state index is -0.660. The van der Waals surface area contributed by atoms with Crippen LogP contribution in [-0.4, -0.2) is 37.6 Å². The maximum atomic E-state index is 13.6. The number of pyridine rings is 1. The van der Waals surface area contributed by atoms with Crippen LogP contribution in [0.1, 0.15) is 20.8 Å². The molecule has 6 nitrogen and oxygen atoms in total. The normalized spacial score (nSPS) is 10.5. The zero-order valence-electron chi connectivity index (χ0n) is 14.7. The first-order valence-corrected chi connectivity index (χ1v) is 8.00. The highest BCUT2D eigenvalue weighted by atomic mass is 19.1. The second-order valence-electron chi connectivity index (χ2n) is 5.60. The first kappa shape index (κ1) is 18.3. The number of ether oxygens (including phenoxy) is 3. The van der Waals surface area contributed by atoms with Crippen LogP contribution in [-0.2, 0) is 4.74 Å². The van der Waals surface area contributed by atoms with Gasteiger partial charge in [0.05, 0.1) is 19.7 Å².